The third kappa shape index (κ3) is 3.30. The number of carbonyl (C=O) groups excluding carboxylic acids is 2. The first-order valence-corrected chi connectivity index (χ1v) is 8.27. The number of nitriles is 1. The van der Waals surface area contributed by atoms with Crippen LogP contribution in [0.25, 0.3) is 0 Å². The first kappa shape index (κ1) is 16.6. The monoisotopic (exact) mass is 332 g/mol. The summed E-state index contributed by atoms with van der Waals surface area (Å²) in [5.41, 5.74) is 0.437. The van der Waals surface area contributed by atoms with Crippen molar-refractivity contribution >= 4 is 17.5 Å². The number of hydrogen-bond acceptors (Lipinski definition) is 3. The maximum atomic E-state index is 13.0. The Balaban J connectivity index is 1.64. The molecule has 0 bridgehead atoms. The Kier molecular flexibility index (Phi) is 4.88. The molecule has 1 atom stereocenters. The minimum Gasteiger partial charge on any atom is -0.325 e. The smallest absolute Gasteiger partial charge is 0.292 e. The molecule has 1 aromatic carbocycles. The van der Waals surface area contributed by atoms with Crippen LogP contribution in [0.5, 0.6) is 0 Å². The SMILES string of the molecule is N#CCC[NH+]1CC[NH+]([C@H]2CC(=O)N(c3ccc(F)cc3)C2=O)CC1. The predicted molar refractivity (Wildman–Crippen MR) is 83.8 cm³/mol. The molecule has 7 heteroatoms. The van der Waals surface area contributed by atoms with E-state index in [1.807, 2.05) is 0 Å². The third-order valence-electron chi connectivity index (χ3n) is 4.91. The summed E-state index contributed by atoms with van der Waals surface area (Å²) in [4.78, 5) is 28.7. The van der Waals surface area contributed by atoms with Crippen molar-refractivity contribution in [1.82, 2.24) is 0 Å². The van der Waals surface area contributed by atoms with Crippen molar-refractivity contribution in [3.8, 4) is 6.07 Å². The van der Waals surface area contributed by atoms with Crippen molar-refractivity contribution < 1.29 is 23.8 Å². The Morgan fingerprint density at radius 2 is 1.83 bits per heavy atom. The highest BCUT2D eigenvalue weighted by Crippen LogP contribution is 2.22. The van der Waals surface area contributed by atoms with Crippen molar-refractivity contribution in [3.05, 3.63) is 30.1 Å². The van der Waals surface area contributed by atoms with Gasteiger partial charge in [0.25, 0.3) is 5.91 Å². The molecular weight excluding hydrogens is 311 g/mol. The van der Waals surface area contributed by atoms with Crippen molar-refractivity contribution in [2.45, 2.75) is 18.9 Å². The van der Waals surface area contributed by atoms with Gasteiger partial charge in [-0.25, -0.2) is 9.29 Å². The average molecular weight is 332 g/mol. The zero-order valence-corrected chi connectivity index (χ0v) is 13.4. The fourth-order valence-electron chi connectivity index (χ4n) is 3.57. The number of nitrogens with zero attached hydrogens (tertiary/aromatic N) is 2. The van der Waals surface area contributed by atoms with Gasteiger partial charge in [-0.05, 0) is 24.3 Å². The fraction of sp³-hybridized carbons (Fsp3) is 0.471. The molecule has 2 aliphatic rings. The van der Waals surface area contributed by atoms with Crippen molar-refractivity contribution in [3.63, 3.8) is 0 Å². The van der Waals surface area contributed by atoms with Gasteiger partial charge in [0.15, 0.2) is 6.04 Å². The van der Waals surface area contributed by atoms with Crippen LogP contribution in [0.3, 0.4) is 0 Å². The van der Waals surface area contributed by atoms with Crippen LogP contribution < -0.4 is 14.7 Å². The lowest BCUT2D eigenvalue weighted by Gasteiger charge is -2.31. The van der Waals surface area contributed by atoms with E-state index in [2.05, 4.69) is 6.07 Å². The van der Waals surface area contributed by atoms with Gasteiger partial charge in [-0.3, -0.25) is 9.59 Å². The van der Waals surface area contributed by atoms with Gasteiger partial charge in [-0.1, -0.05) is 0 Å². The van der Waals surface area contributed by atoms with Gasteiger partial charge in [0.2, 0.25) is 5.91 Å². The summed E-state index contributed by atoms with van der Waals surface area (Å²) in [6.07, 6.45) is 0.753. The second-order valence-corrected chi connectivity index (χ2v) is 6.37. The van der Waals surface area contributed by atoms with Crippen LogP contribution in [0.1, 0.15) is 12.8 Å². The van der Waals surface area contributed by atoms with E-state index in [1.165, 1.54) is 34.1 Å². The number of nitrogens with one attached hydrogen (secondary N) is 2. The first-order chi connectivity index (χ1) is 11.6. The fourth-order valence-corrected chi connectivity index (χ4v) is 3.57. The maximum absolute atomic E-state index is 13.0. The molecule has 1 aromatic rings. The lowest BCUT2D eigenvalue weighted by Crippen LogP contribution is -3.30. The molecule has 2 N–H and O–H groups in total. The Labute approximate surface area is 140 Å². The number of hydrogen-bond donors (Lipinski definition) is 2. The molecule has 2 saturated heterocycles. The molecule has 0 saturated carbocycles. The van der Waals surface area contributed by atoms with Crippen LogP contribution in [-0.2, 0) is 9.59 Å². The lowest BCUT2D eigenvalue weighted by atomic mass is 10.1. The summed E-state index contributed by atoms with van der Waals surface area (Å²) in [6, 6.07) is 7.26. The molecule has 3 rings (SSSR count). The molecule has 0 radical (unpaired) electrons. The summed E-state index contributed by atoms with van der Waals surface area (Å²) in [7, 11) is 0. The van der Waals surface area contributed by atoms with Crippen LogP contribution in [0, 0.1) is 17.1 Å². The molecule has 0 aliphatic carbocycles. The van der Waals surface area contributed by atoms with E-state index in [4.69, 9.17) is 5.26 Å². The molecule has 0 spiro atoms. The van der Waals surface area contributed by atoms with Gasteiger partial charge in [-0.2, -0.15) is 5.26 Å². The molecule has 126 valence electrons. The summed E-state index contributed by atoms with van der Waals surface area (Å²) in [5.74, 6) is -0.804. The molecule has 0 aromatic heterocycles. The zero-order chi connectivity index (χ0) is 17.1. The number of carbonyl (C=O) groups is 2. The van der Waals surface area contributed by atoms with Gasteiger partial charge >= 0.3 is 0 Å². The molecule has 2 amide bonds. The molecule has 0 unspecified atom stereocenters. The number of halogens is 1. The van der Waals surface area contributed by atoms with Gasteiger partial charge < -0.3 is 9.80 Å². The topological polar surface area (TPSA) is 70.1 Å². The average Bonchev–Trinajstić information content (AvgIpc) is 2.89. The van der Waals surface area contributed by atoms with E-state index < -0.39 is 5.82 Å². The molecule has 24 heavy (non-hydrogen) atoms. The van der Waals surface area contributed by atoms with Crippen molar-refractivity contribution in [2.75, 3.05) is 37.6 Å². The summed E-state index contributed by atoms with van der Waals surface area (Å²) in [6.45, 7) is 4.30. The quantitative estimate of drug-likeness (QED) is 0.637. The van der Waals surface area contributed by atoms with Crippen LogP contribution >= 0.6 is 0 Å². The number of amides is 2. The van der Waals surface area contributed by atoms with Crippen molar-refractivity contribution in [1.29, 1.82) is 5.26 Å². The number of anilines is 1. The molecule has 2 heterocycles. The Morgan fingerprint density at radius 1 is 1.17 bits per heavy atom. The van der Waals surface area contributed by atoms with Crippen LogP contribution in [0.15, 0.2) is 24.3 Å². The van der Waals surface area contributed by atoms with Crippen LogP contribution in [0.4, 0.5) is 10.1 Å². The Hall–Kier alpha value is -2.30. The number of rotatable bonds is 4. The minimum atomic E-state index is -0.392. The van der Waals surface area contributed by atoms with E-state index in [0.717, 1.165) is 37.6 Å². The van der Waals surface area contributed by atoms with E-state index in [9.17, 15) is 14.0 Å². The summed E-state index contributed by atoms with van der Waals surface area (Å²) in [5, 5.41) is 8.66. The minimum absolute atomic E-state index is 0.193. The highest BCUT2D eigenvalue weighted by molar-refractivity contribution is 6.21. The van der Waals surface area contributed by atoms with Gasteiger partial charge in [0.05, 0.1) is 31.1 Å². The summed E-state index contributed by atoms with van der Waals surface area (Å²) >= 11 is 0. The number of imide groups is 1. The standard InChI is InChI=1S/C17H19FN4O2/c18-13-2-4-14(5-3-13)22-16(23)12-15(17(22)24)21-10-8-20(9-11-21)7-1-6-19/h2-5,15H,1,7-12H2/p+2/t15-/m0/s1. The number of benzene rings is 1. The van der Waals surface area contributed by atoms with E-state index in [-0.39, 0.29) is 24.3 Å². The van der Waals surface area contributed by atoms with Gasteiger partial charge in [0, 0.05) is 0 Å². The van der Waals surface area contributed by atoms with Gasteiger partial charge in [-0.15, -0.1) is 0 Å². The van der Waals surface area contributed by atoms with Crippen LogP contribution in [-0.4, -0.2) is 50.6 Å². The zero-order valence-electron chi connectivity index (χ0n) is 13.4. The van der Waals surface area contributed by atoms with Gasteiger partial charge in [0.1, 0.15) is 32.0 Å². The predicted octanol–water partition coefficient (Wildman–Crippen LogP) is -1.85. The number of quaternary nitrogens is 2. The Bertz CT molecular complexity index is 662. The second kappa shape index (κ2) is 7.07. The second-order valence-electron chi connectivity index (χ2n) is 6.37. The highest BCUT2D eigenvalue weighted by Gasteiger charge is 2.46. The van der Waals surface area contributed by atoms with E-state index in [1.54, 1.807) is 0 Å². The van der Waals surface area contributed by atoms with Crippen molar-refractivity contribution in [2.24, 2.45) is 0 Å². The Morgan fingerprint density at radius 3 is 2.46 bits per heavy atom. The summed E-state index contributed by atoms with van der Waals surface area (Å²) < 4.78 is 13.0. The molecule has 6 nitrogen and oxygen atoms in total. The highest BCUT2D eigenvalue weighted by atomic mass is 19.1. The lowest BCUT2D eigenvalue weighted by molar-refractivity contribution is -1.02. The molecule has 2 fully saturated rings. The van der Waals surface area contributed by atoms with Crippen LogP contribution in [0.2, 0.25) is 0 Å². The van der Waals surface area contributed by atoms with E-state index in [0.29, 0.717) is 12.1 Å². The molecule has 2 aliphatic heterocycles. The third-order valence-corrected chi connectivity index (χ3v) is 4.91. The number of piperazine rings is 1. The van der Waals surface area contributed by atoms with E-state index >= 15 is 0 Å². The maximum Gasteiger partial charge on any atom is 0.292 e. The first-order valence-electron chi connectivity index (χ1n) is 8.27. The largest absolute Gasteiger partial charge is 0.325 e. The molecular formula is C17H21FN4O2+2. The normalized spacial score (nSPS) is 27.3.